The molecule has 0 aromatic heterocycles. The van der Waals surface area contributed by atoms with Crippen LogP contribution in [0.25, 0.3) is 0 Å². The van der Waals surface area contributed by atoms with Gasteiger partial charge in [-0.15, -0.1) is 0 Å². The normalized spacial score (nSPS) is 10.6. The molecule has 4 aromatic carbocycles. The Labute approximate surface area is 213 Å². The van der Waals surface area contributed by atoms with Crippen molar-refractivity contribution in [3.8, 4) is 0 Å². The van der Waals surface area contributed by atoms with E-state index in [4.69, 9.17) is 0 Å². The molecule has 0 unspecified atom stereocenters. The van der Waals surface area contributed by atoms with Crippen molar-refractivity contribution in [3.05, 3.63) is 109 Å². The number of hydrogen-bond acceptors (Lipinski definition) is 4. The molecule has 184 valence electrons. The van der Waals surface area contributed by atoms with E-state index < -0.39 is 5.97 Å². The number of nitrogens with zero attached hydrogens (tertiary/aromatic N) is 3. The number of carbonyl (C=O) groups is 1. The summed E-state index contributed by atoms with van der Waals surface area (Å²) in [5, 5.41) is 9.53. The maximum Gasteiger partial charge on any atom is 0.337 e. The molecular formula is C31H33N3O2. The summed E-state index contributed by atoms with van der Waals surface area (Å²) in [7, 11) is 3.94. The highest BCUT2D eigenvalue weighted by Crippen LogP contribution is 2.32. The van der Waals surface area contributed by atoms with Gasteiger partial charge in [-0.2, -0.15) is 0 Å². The second-order valence-corrected chi connectivity index (χ2v) is 8.81. The van der Waals surface area contributed by atoms with Gasteiger partial charge in [0.2, 0.25) is 0 Å². The van der Waals surface area contributed by atoms with E-state index in [0.717, 1.165) is 36.4 Å². The lowest BCUT2D eigenvalue weighted by Gasteiger charge is -2.27. The first-order chi connectivity index (χ1) is 17.5. The molecule has 0 aliphatic rings. The van der Waals surface area contributed by atoms with E-state index in [1.807, 2.05) is 42.3 Å². The van der Waals surface area contributed by atoms with Gasteiger partial charge in [0.15, 0.2) is 0 Å². The molecule has 0 aliphatic heterocycles. The van der Waals surface area contributed by atoms with Crippen LogP contribution in [0.2, 0.25) is 0 Å². The number of carboxylic acids is 1. The van der Waals surface area contributed by atoms with Gasteiger partial charge in [-0.3, -0.25) is 0 Å². The Morgan fingerprint density at radius 2 is 1.11 bits per heavy atom. The lowest BCUT2D eigenvalue weighted by atomic mass is 10.1. The molecule has 0 bridgehead atoms. The Bertz CT molecular complexity index is 1270. The van der Waals surface area contributed by atoms with Gasteiger partial charge in [0.05, 0.1) is 11.3 Å². The zero-order chi connectivity index (χ0) is 25.5. The minimum Gasteiger partial charge on any atom is -0.478 e. The van der Waals surface area contributed by atoms with Gasteiger partial charge >= 0.3 is 5.97 Å². The van der Waals surface area contributed by atoms with Crippen LogP contribution in [0.4, 0.5) is 34.1 Å². The van der Waals surface area contributed by atoms with E-state index in [0.29, 0.717) is 5.69 Å². The third-order valence-corrected chi connectivity index (χ3v) is 6.47. The minimum atomic E-state index is -0.933. The SMILES string of the molecule is CCCCN(c1ccccc1)c1ccc(N(C)c2ccc(N(C)c3ccccc3C(=O)O)cc2)cc1. The predicted octanol–water partition coefficient (Wildman–Crippen LogP) is 7.86. The molecule has 0 amide bonds. The molecule has 4 aromatic rings. The Kier molecular flexibility index (Phi) is 7.91. The molecule has 0 radical (unpaired) electrons. The molecule has 5 heteroatoms. The van der Waals surface area contributed by atoms with Crippen LogP contribution >= 0.6 is 0 Å². The lowest BCUT2D eigenvalue weighted by Crippen LogP contribution is -2.18. The second-order valence-electron chi connectivity index (χ2n) is 8.81. The number of carboxylic acid groups (broad SMARTS) is 1. The summed E-state index contributed by atoms with van der Waals surface area (Å²) in [6.45, 7) is 3.20. The summed E-state index contributed by atoms with van der Waals surface area (Å²) in [5.74, 6) is -0.933. The van der Waals surface area contributed by atoms with Crippen molar-refractivity contribution in [1.29, 1.82) is 0 Å². The van der Waals surface area contributed by atoms with Gasteiger partial charge in [0, 0.05) is 49.1 Å². The van der Waals surface area contributed by atoms with E-state index in [2.05, 4.69) is 84.4 Å². The van der Waals surface area contributed by atoms with E-state index in [1.54, 1.807) is 12.1 Å². The van der Waals surface area contributed by atoms with Gasteiger partial charge in [0.25, 0.3) is 0 Å². The minimum absolute atomic E-state index is 0.282. The number of para-hydroxylation sites is 2. The van der Waals surface area contributed by atoms with Gasteiger partial charge in [-0.05, 0) is 79.2 Å². The van der Waals surface area contributed by atoms with Crippen LogP contribution in [0, 0.1) is 0 Å². The fourth-order valence-corrected chi connectivity index (χ4v) is 4.32. The van der Waals surface area contributed by atoms with Crippen LogP contribution in [-0.2, 0) is 0 Å². The first-order valence-electron chi connectivity index (χ1n) is 12.3. The van der Waals surface area contributed by atoms with E-state index in [-0.39, 0.29) is 5.56 Å². The number of hydrogen-bond donors (Lipinski definition) is 1. The van der Waals surface area contributed by atoms with Crippen molar-refractivity contribution in [3.63, 3.8) is 0 Å². The van der Waals surface area contributed by atoms with Crippen molar-refractivity contribution in [1.82, 2.24) is 0 Å². The zero-order valence-electron chi connectivity index (χ0n) is 21.1. The number of aromatic carboxylic acids is 1. The summed E-state index contributed by atoms with van der Waals surface area (Å²) < 4.78 is 0. The molecule has 0 saturated carbocycles. The fraction of sp³-hybridized carbons (Fsp3) is 0.194. The van der Waals surface area contributed by atoms with Crippen LogP contribution in [0.5, 0.6) is 0 Å². The summed E-state index contributed by atoms with van der Waals surface area (Å²) in [5.41, 5.74) is 6.40. The molecule has 0 spiro atoms. The first-order valence-corrected chi connectivity index (χ1v) is 12.3. The first kappa shape index (κ1) is 24.9. The Hall–Kier alpha value is -4.25. The molecule has 0 saturated heterocycles. The van der Waals surface area contributed by atoms with Crippen LogP contribution in [0.1, 0.15) is 30.1 Å². The third kappa shape index (κ3) is 5.52. The van der Waals surface area contributed by atoms with Crippen molar-refractivity contribution < 1.29 is 9.90 Å². The number of rotatable bonds is 10. The van der Waals surface area contributed by atoms with E-state index >= 15 is 0 Å². The molecule has 1 N–H and O–H groups in total. The Morgan fingerprint density at radius 1 is 0.639 bits per heavy atom. The number of unbranched alkanes of at least 4 members (excludes halogenated alkanes) is 1. The summed E-state index contributed by atoms with van der Waals surface area (Å²) in [6.07, 6.45) is 2.28. The maximum atomic E-state index is 11.6. The smallest absolute Gasteiger partial charge is 0.337 e. The molecule has 0 atom stereocenters. The number of benzene rings is 4. The largest absolute Gasteiger partial charge is 0.478 e. The highest BCUT2D eigenvalue weighted by Gasteiger charge is 2.15. The molecule has 5 nitrogen and oxygen atoms in total. The van der Waals surface area contributed by atoms with Crippen LogP contribution in [0.3, 0.4) is 0 Å². The summed E-state index contributed by atoms with van der Waals surface area (Å²) in [6, 6.07) is 34.4. The second kappa shape index (κ2) is 11.5. The Balaban J connectivity index is 1.52. The van der Waals surface area contributed by atoms with Crippen LogP contribution in [-0.4, -0.2) is 31.7 Å². The highest BCUT2D eigenvalue weighted by molar-refractivity contribution is 5.95. The van der Waals surface area contributed by atoms with E-state index in [1.165, 1.54) is 11.4 Å². The van der Waals surface area contributed by atoms with Crippen molar-refractivity contribution >= 4 is 40.1 Å². The van der Waals surface area contributed by atoms with Crippen molar-refractivity contribution in [2.75, 3.05) is 35.3 Å². The van der Waals surface area contributed by atoms with Crippen molar-refractivity contribution in [2.45, 2.75) is 19.8 Å². The fourth-order valence-electron chi connectivity index (χ4n) is 4.32. The summed E-state index contributed by atoms with van der Waals surface area (Å²) >= 11 is 0. The van der Waals surface area contributed by atoms with Gasteiger partial charge in [-0.25, -0.2) is 4.79 Å². The quantitative estimate of drug-likeness (QED) is 0.251. The molecule has 0 heterocycles. The molecule has 0 aliphatic carbocycles. The average Bonchev–Trinajstić information content (AvgIpc) is 2.93. The van der Waals surface area contributed by atoms with Crippen molar-refractivity contribution in [2.24, 2.45) is 0 Å². The monoisotopic (exact) mass is 479 g/mol. The zero-order valence-corrected chi connectivity index (χ0v) is 21.1. The predicted molar refractivity (Wildman–Crippen MR) is 151 cm³/mol. The van der Waals surface area contributed by atoms with Gasteiger partial charge in [-0.1, -0.05) is 43.7 Å². The molecule has 0 fully saturated rings. The Morgan fingerprint density at radius 3 is 1.67 bits per heavy atom. The van der Waals surface area contributed by atoms with Crippen LogP contribution < -0.4 is 14.7 Å². The highest BCUT2D eigenvalue weighted by atomic mass is 16.4. The molecule has 36 heavy (non-hydrogen) atoms. The maximum absolute atomic E-state index is 11.6. The van der Waals surface area contributed by atoms with Gasteiger partial charge < -0.3 is 19.8 Å². The van der Waals surface area contributed by atoms with E-state index in [9.17, 15) is 9.90 Å². The summed E-state index contributed by atoms with van der Waals surface area (Å²) in [4.78, 5) is 18.0. The molecule has 4 rings (SSSR count). The third-order valence-electron chi connectivity index (χ3n) is 6.47. The topological polar surface area (TPSA) is 47.0 Å². The van der Waals surface area contributed by atoms with Gasteiger partial charge in [0.1, 0.15) is 0 Å². The van der Waals surface area contributed by atoms with Crippen LogP contribution in [0.15, 0.2) is 103 Å². The number of anilines is 6. The lowest BCUT2D eigenvalue weighted by molar-refractivity contribution is 0.0697. The average molecular weight is 480 g/mol. The molecular weight excluding hydrogens is 446 g/mol. The standard InChI is InChI=1S/C31H33N3O2/c1-4-5-23-34(27-11-7-6-8-12-27)28-21-19-25(20-22-28)32(2)24-15-17-26(18-16-24)33(3)30-14-10-9-13-29(30)31(35)36/h6-22H,4-5,23H2,1-3H3,(H,35,36).